The van der Waals surface area contributed by atoms with Crippen molar-refractivity contribution in [1.29, 1.82) is 0 Å². The maximum absolute atomic E-state index is 10.7. The Morgan fingerprint density at radius 1 is 1.50 bits per heavy atom. The summed E-state index contributed by atoms with van der Waals surface area (Å²) in [6, 6.07) is 6.18. The maximum Gasteiger partial charge on any atom is 0.270 e. The minimum absolute atomic E-state index is 0.00884. The predicted molar refractivity (Wildman–Crippen MR) is 73.3 cm³/mol. The molecule has 0 aliphatic heterocycles. The van der Waals surface area contributed by atoms with E-state index in [9.17, 15) is 10.1 Å². The summed E-state index contributed by atoms with van der Waals surface area (Å²) in [6.07, 6.45) is 0. The second kappa shape index (κ2) is 6.25. The number of hydrogen-bond acceptors (Lipinski definition) is 6. The maximum atomic E-state index is 10.7. The van der Waals surface area contributed by atoms with Gasteiger partial charge in [-0.25, -0.2) is 0 Å². The van der Waals surface area contributed by atoms with Gasteiger partial charge in [-0.2, -0.15) is 4.98 Å². The van der Waals surface area contributed by atoms with Gasteiger partial charge in [0.25, 0.3) is 5.69 Å². The van der Waals surface area contributed by atoms with Gasteiger partial charge in [0.15, 0.2) is 0 Å². The van der Waals surface area contributed by atoms with Gasteiger partial charge in [-0.3, -0.25) is 10.1 Å². The lowest BCUT2D eigenvalue weighted by molar-refractivity contribution is -0.384. The highest BCUT2D eigenvalue weighted by atomic mass is 16.6. The van der Waals surface area contributed by atoms with Gasteiger partial charge in [0.2, 0.25) is 11.7 Å². The highest BCUT2D eigenvalue weighted by Crippen LogP contribution is 2.23. The van der Waals surface area contributed by atoms with Crippen LogP contribution in [-0.2, 0) is 0 Å². The van der Waals surface area contributed by atoms with Gasteiger partial charge in [0.05, 0.1) is 4.92 Å². The Hall–Kier alpha value is -2.28. The molecule has 1 N–H and O–H groups in total. The van der Waals surface area contributed by atoms with Crippen molar-refractivity contribution >= 4 is 5.69 Å². The van der Waals surface area contributed by atoms with Crippen molar-refractivity contribution in [2.75, 3.05) is 13.1 Å². The molecule has 0 saturated carbocycles. The minimum Gasteiger partial charge on any atom is -0.339 e. The number of nitro groups is 1. The van der Waals surface area contributed by atoms with E-state index in [1.165, 1.54) is 12.1 Å². The highest BCUT2D eigenvalue weighted by molar-refractivity contribution is 5.58. The molecule has 2 aromatic rings. The van der Waals surface area contributed by atoms with Crippen LogP contribution in [0.15, 0.2) is 28.8 Å². The smallest absolute Gasteiger partial charge is 0.270 e. The fourth-order valence-electron chi connectivity index (χ4n) is 1.76. The first-order chi connectivity index (χ1) is 9.61. The Balaban J connectivity index is 2.20. The monoisotopic (exact) mass is 276 g/mol. The summed E-state index contributed by atoms with van der Waals surface area (Å²) in [7, 11) is 0. The fourth-order valence-corrected chi connectivity index (χ4v) is 1.76. The SMILES string of the molecule is CCNCC(C)c1nc(-c2cccc([N+](=O)[O-])c2)no1. The Bertz CT molecular complexity index is 597. The lowest BCUT2D eigenvalue weighted by Crippen LogP contribution is -2.19. The Kier molecular flexibility index (Phi) is 4.41. The number of hydrogen-bond donors (Lipinski definition) is 1. The Morgan fingerprint density at radius 2 is 2.30 bits per heavy atom. The number of likely N-dealkylation sites (N-methyl/N-ethyl adjacent to an activating group) is 1. The second-order valence-electron chi connectivity index (χ2n) is 4.47. The van der Waals surface area contributed by atoms with Crippen LogP contribution in [0, 0.1) is 10.1 Å². The van der Waals surface area contributed by atoms with Crippen LogP contribution in [-0.4, -0.2) is 28.2 Å². The second-order valence-corrected chi connectivity index (χ2v) is 4.47. The molecule has 0 aliphatic rings. The molecule has 7 heteroatoms. The van der Waals surface area contributed by atoms with Crippen molar-refractivity contribution in [2.24, 2.45) is 0 Å². The van der Waals surface area contributed by atoms with Crippen LogP contribution in [0.4, 0.5) is 5.69 Å². The molecular weight excluding hydrogens is 260 g/mol. The molecule has 0 spiro atoms. The Morgan fingerprint density at radius 3 is 3.00 bits per heavy atom. The van der Waals surface area contributed by atoms with Crippen LogP contribution in [0.5, 0.6) is 0 Å². The van der Waals surface area contributed by atoms with Gasteiger partial charge in [0, 0.05) is 30.2 Å². The van der Waals surface area contributed by atoms with E-state index in [0.29, 0.717) is 17.3 Å². The van der Waals surface area contributed by atoms with Crippen molar-refractivity contribution in [2.45, 2.75) is 19.8 Å². The van der Waals surface area contributed by atoms with E-state index in [4.69, 9.17) is 4.52 Å². The minimum atomic E-state index is -0.446. The van der Waals surface area contributed by atoms with E-state index in [-0.39, 0.29) is 11.6 Å². The molecule has 2 rings (SSSR count). The number of nitrogens with zero attached hydrogens (tertiary/aromatic N) is 3. The van der Waals surface area contributed by atoms with E-state index in [2.05, 4.69) is 15.5 Å². The summed E-state index contributed by atoms with van der Waals surface area (Å²) in [5.41, 5.74) is 0.583. The zero-order valence-corrected chi connectivity index (χ0v) is 11.4. The average molecular weight is 276 g/mol. The zero-order valence-electron chi connectivity index (χ0n) is 11.4. The standard InChI is InChI=1S/C13H16N4O3/c1-3-14-8-9(2)13-15-12(16-20-13)10-5-4-6-11(7-10)17(18)19/h4-7,9,14H,3,8H2,1-2H3. The first kappa shape index (κ1) is 14.1. The van der Waals surface area contributed by atoms with Gasteiger partial charge in [-0.05, 0) is 6.54 Å². The van der Waals surface area contributed by atoms with E-state index < -0.39 is 4.92 Å². The van der Waals surface area contributed by atoms with Crippen LogP contribution in [0.25, 0.3) is 11.4 Å². The average Bonchev–Trinajstić information content (AvgIpc) is 2.94. The van der Waals surface area contributed by atoms with Gasteiger partial charge in [-0.15, -0.1) is 0 Å². The largest absolute Gasteiger partial charge is 0.339 e. The molecule has 1 atom stereocenters. The quantitative estimate of drug-likeness (QED) is 0.643. The van der Waals surface area contributed by atoms with Crippen molar-refractivity contribution in [3.05, 3.63) is 40.3 Å². The molecule has 0 saturated heterocycles. The molecule has 0 radical (unpaired) electrons. The van der Waals surface area contributed by atoms with Gasteiger partial charge < -0.3 is 9.84 Å². The number of nitro benzene ring substituents is 1. The third-order valence-electron chi connectivity index (χ3n) is 2.88. The molecule has 20 heavy (non-hydrogen) atoms. The summed E-state index contributed by atoms with van der Waals surface area (Å²) in [5.74, 6) is 0.981. The van der Waals surface area contributed by atoms with E-state index in [1.54, 1.807) is 12.1 Å². The number of non-ortho nitro benzene ring substituents is 1. The zero-order chi connectivity index (χ0) is 14.5. The number of aromatic nitrogens is 2. The first-order valence-electron chi connectivity index (χ1n) is 6.41. The molecule has 7 nitrogen and oxygen atoms in total. The summed E-state index contributed by atoms with van der Waals surface area (Å²) in [5, 5.41) is 17.8. The van der Waals surface area contributed by atoms with E-state index in [1.807, 2.05) is 13.8 Å². The van der Waals surface area contributed by atoms with Crippen molar-refractivity contribution in [3.8, 4) is 11.4 Å². The third kappa shape index (κ3) is 3.18. The third-order valence-corrected chi connectivity index (χ3v) is 2.88. The molecule has 106 valence electrons. The van der Waals surface area contributed by atoms with Crippen molar-refractivity contribution in [3.63, 3.8) is 0 Å². The first-order valence-corrected chi connectivity index (χ1v) is 6.41. The molecule has 0 aliphatic carbocycles. The van der Waals surface area contributed by atoms with Gasteiger partial charge in [-0.1, -0.05) is 31.1 Å². The Labute approximate surface area is 116 Å². The van der Waals surface area contributed by atoms with Crippen LogP contribution < -0.4 is 5.32 Å². The highest BCUT2D eigenvalue weighted by Gasteiger charge is 2.16. The summed E-state index contributed by atoms with van der Waals surface area (Å²) >= 11 is 0. The molecule has 0 bridgehead atoms. The number of benzene rings is 1. The van der Waals surface area contributed by atoms with Crippen LogP contribution in [0.3, 0.4) is 0 Å². The fraction of sp³-hybridized carbons (Fsp3) is 0.385. The van der Waals surface area contributed by atoms with Crippen LogP contribution in [0.1, 0.15) is 25.7 Å². The van der Waals surface area contributed by atoms with Crippen LogP contribution in [0.2, 0.25) is 0 Å². The lowest BCUT2D eigenvalue weighted by Gasteiger charge is -2.05. The van der Waals surface area contributed by atoms with Crippen molar-refractivity contribution < 1.29 is 9.45 Å². The number of nitrogens with one attached hydrogen (secondary N) is 1. The molecule has 1 aromatic carbocycles. The molecule has 0 fully saturated rings. The molecular formula is C13H16N4O3. The van der Waals surface area contributed by atoms with Crippen molar-refractivity contribution in [1.82, 2.24) is 15.5 Å². The molecule has 1 heterocycles. The molecule has 0 amide bonds. The summed E-state index contributed by atoms with van der Waals surface area (Å²) in [6.45, 7) is 5.62. The van der Waals surface area contributed by atoms with Crippen LogP contribution >= 0.6 is 0 Å². The number of rotatable bonds is 6. The van der Waals surface area contributed by atoms with Gasteiger partial charge >= 0.3 is 0 Å². The predicted octanol–water partition coefficient (Wildman–Crippen LogP) is 2.36. The van der Waals surface area contributed by atoms with E-state index >= 15 is 0 Å². The summed E-state index contributed by atoms with van der Waals surface area (Å²) < 4.78 is 5.21. The lowest BCUT2D eigenvalue weighted by atomic mass is 10.1. The summed E-state index contributed by atoms with van der Waals surface area (Å²) in [4.78, 5) is 14.6. The van der Waals surface area contributed by atoms with E-state index in [0.717, 1.165) is 13.1 Å². The normalized spacial score (nSPS) is 12.3. The molecule has 1 unspecified atom stereocenters. The molecule has 1 aromatic heterocycles. The topological polar surface area (TPSA) is 94.1 Å². The van der Waals surface area contributed by atoms with Gasteiger partial charge in [0.1, 0.15) is 0 Å².